The Morgan fingerprint density at radius 1 is 1.24 bits per heavy atom. The van der Waals surface area contributed by atoms with Gasteiger partial charge in [-0.15, -0.1) is 5.10 Å². The second-order valence-corrected chi connectivity index (χ2v) is 9.58. The molecule has 5 rings (SSSR count). The maximum atomic E-state index is 13.3. The van der Waals surface area contributed by atoms with Crippen LogP contribution in [0.25, 0.3) is 5.78 Å². The van der Waals surface area contributed by atoms with E-state index in [-0.39, 0.29) is 30.3 Å². The van der Waals surface area contributed by atoms with Crippen molar-refractivity contribution in [2.45, 2.75) is 70.3 Å². The molecule has 8 nitrogen and oxygen atoms in total. The number of cyclic esters (lactones) is 1. The number of nitrogens with zero attached hydrogens (tertiary/aromatic N) is 4. The number of carbonyl (C=O) groups excluding carboxylic acids is 2. The number of fused-ring (bicyclic) bond motifs is 1. The third-order valence-electron chi connectivity index (χ3n) is 7.47. The number of carbonyl (C=O) groups is 2. The highest BCUT2D eigenvalue weighted by Crippen LogP contribution is 2.45. The third-order valence-corrected chi connectivity index (χ3v) is 7.47. The minimum absolute atomic E-state index is 0.110. The van der Waals surface area contributed by atoms with Crippen molar-refractivity contribution in [2.75, 3.05) is 0 Å². The fourth-order valence-corrected chi connectivity index (χ4v) is 5.53. The van der Waals surface area contributed by atoms with Gasteiger partial charge in [0, 0.05) is 25.2 Å². The first kappa shape index (κ1) is 22.5. The molecule has 3 aromatic rings. The fraction of sp³-hybridized carbons (Fsp3) is 0.500. The van der Waals surface area contributed by atoms with Crippen molar-refractivity contribution in [2.24, 2.45) is 11.8 Å². The molecule has 1 saturated heterocycles. The highest BCUT2D eigenvalue weighted by atomic mass is 16.6. The number of hydrogen-bond acceptors (Lipinski definition) is 7. The van der Waals surface area contributed by atoms with Gasteiger partial charge in [-0.1, -0.05) is 31.9 Å². The summed E-state index contributed by atoms with van der Waals surface area (Å²) in [6, 6.07) is 7.40. The second kappa shape index (κ2) is 9.16. The molecule has 34 heavy (non-hydrogen) atoms. The highest BCUT2D eigenvalue weighted by Gasteiger charge is 2.51. The Bertz CT molecular complexity index is 1160. The summed E-state index contributed by atoms with van der Waals surface area (Å²) in [5.74, 6) is -0.244. The monoisotopic (exact) mass is 462 g/mol. The molecule has 2 fully saturated rings. The molecule has 0 spiro atoms. The van der Waals surface area contributed by atoms with E-state index in [2.05, 4.69) is 22.0 Å². The zero-order valence-corrected chi connectivity index (χ0v) is 19.4. The van der Waals surface area contributed by atoms with Crippen molar-refractivity contribution >= 4 is 17.5 Å². The zero-order valence-electron chi connectivity index (χ0n) is 19.4. The van der Waals surface area contributed by atoms with Gasteiger partial charge in [-0.3, -0.25) is 9.59 Å². The van der Waals surface area contributed by atoms with Crippen LogP contribution in [0, 0.1) is 11.8 Å². The second-order valence-electron chi connectivity index (χ2n) is 9.58. The molecule has 0 amide bonds. The fourth-order valence-electron chi connectivity index (χ4n) is 5.53. The highest BCUT2D eigenvalue weighted by molar-refractivity contribution is 6.01. The number of ether oxygens (including phenoxy) is 1. The number of rotatable bonds is 7. The zero-order chi connectivity index (χ0) is 23.7. The lowest BCUT2D eigenvalue weighted by Crippen LogP contribution is -2.52. The number of ketones is 1. The number of aryl methyl sites for hydroxylation is 2. The van der Waals surface area contributed by atoms with Gasteiger partial charge in [-0.2, -0.15) is 4.98 Å². The summed E-state index contributed by atoms with van der Waals surface area (Å²) in [6.45, 7) is 2.08. The number of Topliss-reactive ketones (excluding diaryl/α,β-unsaturated/α-hetero) is 1. The van der Waals surface area contributed by atoms with Crippen molar-refractivity contribution in [3.05, 3.63) is 53.6 Å². The number of phenols is 1. The SMILES string of the molecule is CCc1ccc(O)c(CCC2(C3CCCC3)CC(=O)C(Cc3nc4ncccn4n3)C(=O)O2)c1. The van der Waals surface area contributed by atoms with E-state index >= 15 is 0 Å². The lowest BCUT2D eigenvalue weighted by molar-refractivity contribution is -0.185. The van der Waals surface area contributed by atoms with E-state index in [1.807, 2.05) is 12.1 Å². The van der Waals surface area contributed by atoms with Crippen molar-refractivity contribution in [3.63, 3.8) is 0 Å². The van der Waals surface area contributed by atoms with E-state index in [1.165, 1.54) is 4.52 Å². The van der Waals surface area contributed by atoms with Crippen LogP contribution in [0.4, 0.5) is 0 Å². The molecule has 2 aliphatic rings. The van der Waals surface area contributed by atoms with Gasteiger partial charge in [-0.25, -0.2) is 9.50 Å². The number of hydrogen-bond donors (Lipinski definition) is 1. The lowest BCUT2D eigenvalue weighted by Gasteiger charge is -2.43. The average molecular weight is 463 g/mol. The Balaban J connectivity index is 1.36. The van der Waals surface area contributed by atoms with Crippen LogP contribution in [-0.2, 0) is 33.6 Å². The van der Waals surface area contributed by atoms with Crippen LogP contribution >= 0.6 is 0 Å². The normalized spacial score (nSPS) is 23.5. The number of esters is 1. The largest absolute Gasteiger partial charge is 0.508 e. The molecule has 1 aromatic carbocycles. The van der Waals surface area contributed by atoms with Crippen molar-refractivity contribution < 1.29 is 19.4 Å². The molecular formula is C26H30N4O4. The minimum Gasteiger partial charge on any atom is -0.508 e. The first-order valence-electron chi connectivity index (χ1n) is 12.2. The smallest absolute Gasteiger partial charge is 0.317 e. The van der Waals surface area contributed by atoms with Crippen molar-refractivity contribution in [1.29, 1.82) is 0 Å². The summed E-state index contributed by atoms with van der Waals surface area (Å²) in [5.41, 5.74) is 1.17. The van der Waals surface area contributed by atoms with Crippen LogP contribution in [0.5, 0.6) is 5.75 Å². The van der Waals surface area contributed by atoms with E-state index in [4.69, 9.17) is 4.74 Å². The Kier molecular flexibility index (Phi) is 6.06. The van der Waals surface area contributed by atoms with Crippen molar-refractivity contribution in [3.8, 4) is 5.75 Å². The molecular weight excluding hydrogens is 432 g/mol. The molecule has 8 heteroatoms. The predicted octanol–water partition coefficient (Wildman–Crippen LogP) is 3.63. The summed E-state index contributed by atoms with van der Waals surface area (Å²) < 4.78 is 7.72. The Labute approximate surface area is 198 Å². The van der Waals surface area contributed by atoms with Gasteiger partial charge in [0.1, 0.15) is 17.3 Å². The third kappa shape index (κ3) is 4.29. The van der Waals surface area contributed by atoms with Crippen LogP contribution in [0.3, 0.4) is 0 Å². The summed E-state index contributed by atoms with van der Waals surface area (Å²) in [5, 5.41) is 14.7. The molecule has 1 aliphatic heterocycles. The maximum Gasteiger partial charge on any atom is 0.317 e. The number of aromatic hydroxyl groups is 1. The molecule has 0 radical (unpaired) electrons. The quantitative estimate of drug-likeness (QED) is 0.422. The van der Waals surface area contributed by atoms with Gasteiger partial charge in [0.25, 0.3) is 5.78 Å². The molecule has 1 N–H and O–H groups in total. The van der Waals surface area contributed by atoms with Crippen LogP contribution < -0.4 is 0 Å². The molecule has 2 unspecified atom stereocenters. The summed E-state index contributed by atoms with van der Waals surface area (Å²) in [7, 11) is 0. The molecule has 1 saturated carbocycles. The first-order valence-corrected chi connectivity index (χ1v) is 12.2. The first-order chi connectivity index (χ1) is 16.5. The van der Waals surface area contributed by atoms with E-state index < -0.39 is 17.5 Å². The summed E-state index contributed by atoms with van der Waals surface area (Å²) in [4.78, 5) is 35.0. The lowest BCUT2D eigenvalue weighted by atomic mass is 9.73. The Hall–Kier alpha value is -3.29. The van der Waals surface area contributed by atoms with Crippen LogP contribution in [0.15, 0.2) is 36.7 Å². The average Bonchev–Trinajstić information content (AvgIpc) is 3.51. The number of phenolic OH excluding ortho intramolecular Hbond substituents is 1. The number of aromatic nitrogens is 4. The standard InChI is InChI=1S/C26H30N4O4/c1-2-17-8-9-21(31)18(14-17)10-11-26(19-6-3-4-7-19)16-22(32)20(24(33)34-26)15-23-28-25-27-12-5-13-30(25)29-23/h5,8-9,12-14,19-20,31H,2-4,6-7,10-11,15-16H2,1H3. The van der Waals surface area contributed by atoms with Gasteiger partial charge in [0.05, 0.1) is 0 Å². The van der Waals surface area contributed by atoms with E-state index in [9.17, 15) is 14.7 Å². The topological polar surface area (TPSA) is 107 Å². The Morgan fingerprint density at radius 3 is 2.79 bits per heavy atom. The van der Waals surface area contributed by atoms with Crippen LogP contribution in [0.1, 0.15) is 62.4 Å². The van der Waals surface area contributed by atoms with Gasteiger partial charge in [0.15, 0.2) is 11.6 Å². The summed E-state index contributed by atoms with van der Waals surface area (Å²) in [6.07, 6.45) is 9.69. The van der Waals surface area contributed by atoms with Gasteiger partial charge < -0.3 is 9.84 Å². The van der Waals surface area contributed by atoms with Gasteiger partial charge >= 0.3 is 5.97 Å². The minimum atomic E-state index is -0.899. The molecule has 1 aliphatic carbocycles. The van der Waals surface area contributed by atoms with Gasteiger partial charge in [-0.05, 0) is 61.3 Å². The molecule has 178 valence electrons. The van der Waals surface area contributed by atoms with Crippen LogP contribution in [-0.4, -0.2) is 42.0 Å². The molecule has 2 atom stereocenters. The maximum absolute atomic E-state index is 13.3. The van der Waals surface area contributed by atoms with Gasteiger partial charge in [0.2, 0.25) is 0 Å². The molecule has 2 aromatic heterocycles. The number of benzene rings is 1. The van der Waals surface area contributed by atoms with Crippen LogP contribution in [0.2, 0.25) is 0 Å². The molecule has 3 heterocycles. The molecule has 0 bridgehead atoms. The predicted molar refractivity (Wildman–Crippen MR) is 124 cm³/mol. The van der Waals surface area contributed by atoms with Crippen molar-refractivity contribution in [1.82, 2.24) is 19.6 Å². The van der Waals surface area contributed by atoms with E-state index in [1.54, 1.807) is 24.5 Å². The van der Waals surface area contributed by atoms with E-state index in [0.29, 0.717) is 24.4 Å². The van der Waals surface area contributed by atoms with E-state index in [0.717, 1.165) is 43.2 Å². The Morgan fingerprint density at radius 2 is 2.06 bits per heavy atom. The summed E-state index contributed by atoms with van der Waals surface area (Å²) >= 11 is 0.